The van der Waals surface area contributed by atoms with Gasteiger partial charge in [0.2, 0.25) is 0 Å². The number of nitrogens with one attached hydrogen (secondary N) is 1. The Labute approximate surface area is 108 Å². The first-order valence-corrected chi connectivity index (χ1v) is 6.24. The van der Waals surface area contributed by atoms with Crippen molar-refractivity contribution in [3.63, 3.8) is 0 Å². The Morgan fingerprint density at radius 3 is 2.50 bits per heavy atom. The molecule has 0 heterocycles. The van der Waals surface area contributed by atoms with Crippen LogP contribution >= 0.6 is 0 Å². The summed E-state index contributed by atoms with van der Waals surface area (Å²) >= 11 is 0. The zero-order valence-corrected chi connectivity index (χ0v) is 10.6. The lowest BCUT2D eigenvalue weighted by Crippen LogP contribution is -2.25. The number of aliphatic hydroxyl groups is 2. The monoisotopic (exact) mass is 248 g/mol. The minimum absolute atomic E-state index is 0.274. The Balaban J connectivity index is 2.32. The molecule has 4 nitrogen and oxygen atoms in total. The molecule has 0 fully saturated rings. The van der Waals surface area contributed by atoms with Crippen LogP contribution in [-0.2, 0) is 0 Å². The number of aliphatic hydroxyl groups excluding tert-OH is 2. The van der Waals surface area contributed by atoms with Gasteiger partial charge in [0.15, 0.2) is 0 Å². The summed E-state index contributed by atoms with van der Waals surface area (Å²) in [7, 11) is 0. The first-order valence-electron chi connectivity index (χ1n) is 6.24. The zero-order valence-electron chi connectivity index (χ0n) is 10.6. The molecule has 0 saturated heterocycles. The van der Waals surface area contributed by atoms with Gasteiger partial charge in [-0.3, -0.25) is 0 Å². The molecule has 2 unspecified atom stereocenters. The molecule has 3 N–H and O–H groups in total. The van der Waals surface area contributed by atoms with Crippen LogP contribution in [0.3, 0.4) is 0 Å². The van der Waals surface area contributed by atoms with Gasteiger partial charge in [0.1, 0.15) is 0 Å². The smallest absolute Gasteiger partial charge is 0.0991 e. The van der Waals surface area contributed by atoms with E-state index < -0.39 is 6.10 Å². The lowest BCUT2D eigenvalue weighted by atomic mass is 10.1. The Hall–Kier alpha value is -1.41. The highest BCUT2D eigenvalue weighted by molar-refractivity contribution is 5.32. The van der Waals surface area contributed by atoms with Crippen molar-refractivity contribution in [2.45, 2.75) is 32.0 Å². The molecular weight excluding hydrogens is 228 g/mol. The predicted molar refractivity (Wildman–Crippen MR) is 69.9 cm³/mol. The molecule has 0 aliphatic carbocycles. The van der Waals surface area contributed by atoms with Gasteiger partial charge in [0.25, 0.3) is 0 Å². The maximum absolute atomic E-state index is 9.90. The number of rotatable bonds is 7. The molecule has 1 rings (SSSR count). The van der Waals surface area contributed by atoms with Crippen LogP contribution in [0.5, 0.6) is 0 Å². The highest BCUT2D eigenvalue weighted by Crippen LogP contribution is 2.12. The van der Waals surface area contributed by atoms with Crippen LogP contribution < -0.4 is 5.32 Å². The molecule has 98 valence electrons. The van der Waals surface area contributed by atoms with Crippen molar-refractivity contribution >= 4 is 0 Å². The lowest BCUT2D eigenvalue weighted by molar-refractivity contribution is 0.150. The van der Waals surface area contributed by atoms with Crippen LogP contribution in [0.25, 0.3) is 0 Å². The van der Waals surface area contributed by atoms with Crippen molar-refractivity contribution < 1.29 is 10.2 Å². The minimum atomic E-state index is -0.587. The number of nitrogens with zero attached hydrogens (tertiary/aromatic N) is 1. The van der Waals surface area contributed by atoms with Crippen LogP contribution in [0.2, 0.25) is 0 Å². The second-order valence-electron chi connectivity index (χ2n) is 4.30. The maximum atomic E-state index is 9.90. The summed E-state index contributed by atoms with van der Waals surface area (Å²) in [5.74, 6) is 0. The third-order valence-electron chi connectivity index (χ3n) is 2.89. The van der Waals surface area contributed by atoms with Gasteiger partial charge >= 0.3 is 0 Å². The highest BCUT2D eigenvalue weighted by atomic mass is 16.3. The summed E-state index contributed by atoms with van der Waals surface area (Å²) in [6.45, 7) is 3.07. The first-order chi connectivity index (χ1) is 8.67. The summed E-state index contributed by atoms with van der Waals surface area (Å²) in [4.78, 5) is 0. The Morgan fingerprint density at radius 1 is 1.28 bits per heavy atom. The van der Waals surface area contributed by atoms with E-state index in [1.165, 1.54) is 0 Å². The molecule has 0 aliphatic heterocycles. The van der Waals surface area contributed by atoms with E-state index in [1.54, 1.807) is 24.3 Å². The molecule has 0 saturated carbocycles. The van der Waals surface area contributed by atoms with E-state index in [2.05, 4.69) is 5.32 Å². The molecule has 18 heavy (non-hydrogen) atoms. The van der Waals surface area contributed by atoms with Crippen molar-refractivity contribution in [2.24, 2.45) is 0 Å². The van der Waals surface area contributed by atoms with Crippen LogP contribution in [0.15, 0.2) is 24.3 Å². The Morgan fingerprint density at radius 2 is 1.94 bits per heavy atom. The van der Waals surface area contributed by atoms with E-state index in [0.29, 0.717) is 25.1 Å². The first kappa shape index (κ1) is 14.7. The highest BCUT2D eigenvalue weighted by Gasteiger charge is 2.07. The van der Waals surface area contributed by atoms with Gasteiger partial charge in [0, 0.05) is 6.54 Å². The SMILES string of the molecule is CCC(O)CCNCC(O)c1ccc(C#N)cc1. The fraction of sp³-hybridized carbons (Fsp3) is 0.500. The van der Waals surface area contributed by atoms with Crippen LogP contribution in [0.1, 0.15) is 37.0 Å². The predicted octanol–water partition coefficient (Wildman–Crippen LogP) is 1.34. The summed E-state index contributed by atoms with van der Waals surface area (Å²) in [5, 5.41) is 31.0. The molecule has 0 amide bonds. The number of hydrogen-bond acceptors (Lipinski definition) is 4. The van der Waals surface area contributed by atoms with E-state index in [0.717, 1.165) is 12.0 Å². The zero-order chi connectivity index (χ0) is 13.4. The van der Waals surface area contributed by atoms with Gasteiger partial charge in [-0.15, -0.1) is 0 Å². The van der Waals surface area contributed by atoms with Gasteiger partial charge in [0.05, 0.1) is 23.8 Å². The van der Waals surface area contributed by atoms with Crippen molar-refractivity contribution in [2.75, 3.05) is 13.1 Å². The van der Waals surface area contributed by atoms with Gasteiger partial charge in [-0.1, -0.05) is 19.1 Å². The molecule has 2 atom stereocenters. The second-order valence-corrected chi connectivity index (χ2v) is 4.30. The van der Waals surface area contributed by atoms with E-state index in [4.69, 9.17) is 5.26 Å². The molecule has 1 aromatic rings. The average molecular weight is 248 g/mol. The second kappa shape index (κ2) is 7.83. The normalized spacial score (nSPS) is 13.9. The van der Waals surface area contributed by atoms with Gasteiger partial charge in [-0.25, -0.2) is 0 Å². The van der Waals surface area contributed by atoms with Crippen LogP contribution in [-0.4, -0.2) is 29.4 Å². The summed E-state index contributed by atoms with van der Waals surface area (Å²) in [5.41, 5.74) is 1.38. The third kappa shape index (κ3) is 4.84. The molecule has 4 heteroatoms. The fourth-order valence-electron chi connectivity index (χ4n) is 1.61. The maximum Gasteiger partial charge on any atom is 0.0991 e. The summed E-state index contributed by atoms with van der Waals surface area (Å²) in [6.07, 6.45) is 0.581. The van der Waals surface area contributed by atoms with Crippen molar-refractivity contribution in [3.8, 4) is 6.07 Å². The number of nitriles is 1. The van der Waals surface area contributed by atoms with Gasteiger partial charge < -0.3 is 15.5 Å². The molecule has 0 aliphatic rings. The molecule has 0 radical (unpaired) electrons. The van der Waals surface area contributed by atoms with Crippen molar-refractivity contribution in [1.29, 1.82) is 5.26 Å². The fourth-order valence-corrected chi connectivity index (χ4v) is 1.61. The standard InChI is InChI=1S/C14H20N2O2/c1-2-13(17)7-8-16-10-14(18)12-5-3-11(9-15)4-6-12/h3-6,13-14,16-18H,2,7-8,10H2,1H3. The molecule has 0 spiro atoms. The Bertz CT molecular complexity index is 384. The summed E-state index contributed by atoms with van der Waals surface area (Å²) < 4.78 is 0. The van der Waals surface area contributed by atoms with Crippen LogP contribution in [0.4, 0.5) is 0 Å². The molecular formula is C14H20N2O2. The van der Waals surface area contributed by atoms with Gasteiger partial charge in [-0.2, -0.15) is 5.26 Å². The number of hydrogen-bond donors (Lipinski definition) is 3. The molecule has 1 aromatic carbocycles. The van der Waals surface area contributed by atoms with E-state index in [1.807, 2.05) is 13.0 Å². The van der Waals surface area contributed by atoms with Crippen LogP contribution in [0, 0.1) is 11.3 Å². The molecule has 0 bridgehead atoms. The quantitative estimate of drug-likeness (QED) is 0.636. The topological polar surface area (TPSA) is 76.3 Å². The van der Waals surface area contributed by atoms with E-state index in [9.17, 15) is 10.2 Å². The lowest BCUT2D eigenvalue weighted by Gasteiger charge is -2.13. The van der Waals surface area contributed by atoms with Crippen molar-refractivity contribution in [1.82, 2.24) is 5.32 Å². The largest absolute Gasteiger partial charge is 0.393 e. The van der Waals surface area contributed by atoms with E-state index in [-0.39, 0.29) is 6.10 Å². The third-order valence-corrected chi connectivity index (χ3v) is 2.89. The van der Waals surface area contributed by atoms with E-state index >= 15 is 0 Å². The Kier molecular flexibility index (Phi) is 6.37. The van der Waals surface area contributed by atoms with Crippen molar-refractivity contribution in [3.05, 3.63) is 35.4 Å². The summed E-state index contributed by atoms with van der Waals surface area (Å²) in [6, 6.07) is 8.94. The number of benzene rings is 1. The average Bonchev–Trinajstić information content (AvgIpc) is 2.43. The molecule has 0 aromatic heterocycles. The minimum Gasteiger partial charge on any atom is -0.393 e. The van der Waals surface area contributed by atoms with Gasteiger partial charge in [-0.05, 0) is 37.1 Å².